The Bertz CT molecular complexity index is 345. The third-order valence-corrected chi connectivity index (χ3v) is 2.04. The van der Waals surface area contributed by atoms with Gasteiger partial charge in [-0.2, -0.15) is 0 Å². The van der Waals surface area contributed by atoms with Gasteiger partial charge in [0.05, 0.1) is 0 Å². The smallest absolute Gasteiger partial charge is 0.159 e. The molecule has 76 valence electrons. The van der Waals surface area contributed by atoms with Crippen LogP contribution in [0.15, 0.2) is 18.2 Å². The number of nitrogens with two attached hydrogens (primary N) is 1. The summed E-state index contributed by atoms with van der Waals surface area (Å²) in [4.78, 5) is 13.2. The zero-order valence-corrected chi connectivity index (χ0v) is 8.87. The normalized spacial score (nSPS) is 10.6. The minimum Gasteiger partial charge on any atom is -0.398 e. The average Bonchev–Trinajstić information content (AvgIpc) is 2.07. The lowest BCUT2D eigenvalue weighted by atomic mass is 10.1. The maximum Gasteiger partial charge on any atom is 0.159 e. The Morgan fingerprint density at radius 2 is 2.07 bits per heavy atom. The predicted octanol–water partition coefficient (Wildman–Crippen LogP) is 1.53. The van der Waals surface area contributed by atoms with E-state index in [-0.39, 0.29) is 5.78 Å². The van der Waals surface area contributed by atoms with E-state index >= 15 is 0 Å². The van der Waals surface area contributed by atoms with Crippen LogP contribution in [0.5, 0.6) is 0 Å². The van der Waals surface area contributed by atoms with Crippen molar-refractivity contribution < 1.29 is 4.79 Å². The van der Waals surface area contributed by atoms with E-state index < -0.39 is 0 Å². The van der Waals surface area contributed by atoms with E-state index in [9.17, 15) is 4.79 Å². The van der Waals surface area contributed by atoms with Gasteiger partial charge >= 0.3 is 0 Å². The first-order valence-corrected chi connectivity index (χ1v) is 4.55. The molecule has 0 saturated heterocycles. The topological polar surface area (TPSA) is 46.3 Å². The van der Waals surface area contributed by atoms with Crippen LogP contribution in [0, 0.1) is 0 Å². The molecule has 0 fully saturated rings. The monoisotopic (exact) mass is 192 g/mol. The van der Waals surface area contributed by atoms with Gasteiger partial charge < -0.3 is 10.6 Å². The van der Waals surface area contributed by atoms with E-state index in [1.807, 2.05) is 25.1 Å². The maximum atomic E-state index is 11.1. The summed E-state index contributed by atoms with van der Waals surface area (Å²) in [5.74, 6) is 0.0741. The van der Waals surface area contributed by atoms with Gasteiger partial charge in [-0.05, 0) is 44.8 Å². The van der Waals surface area contributed by atoms with Gasteiger partial charge in [0.25, 0.3) is 0 Å². The zero-order chi connectivity index (χ0) is 10.7. The van der Waals surface area contributed by atoms with Crippen molar-refractivity contribution in [3.05, 3.63) is 29.3 Å². The number of nitrogen functional groups attached to an aromatic ring is 1. The molecule has 14 heavy (non-hydrogen) atoms. The van der Waals surface area contributed by atoms with Gasteiger partial charge in [0.1, 0.15) is 0 Å². The minimum absolute atomic E-state index is 0.0741. The summed E-state index contributed by atoms with van der Waals surface area (Å²) < 4.78 is 0. The number of Topliss-reactive ketones (excluding diaryl/α,β-unsaturated/α-hetero) is 1. The van der Waals surface area contributed by atoms with Gasteiger partial charge in [-0.15, -0.1) is 0 Å². The van der Waals surface area contributed by atoms with Gasteiger partial charge in [0, 0.05) is 17.8 Å². The van der Waals surface area contributed by atoms with Gasteiger partial charge in [-0.25, -0.2) is 0 Å². The van der Waals surface area contributed by atoms with E-state index in [4.69, 9.17) is 5.73 Å². The number of nitrogens with zero attached hydrogens (tertiary/aromatic N) is 1. The van der Waals surface area contributed by atoms with Crippen LogP contribution in [-0.2, 0) is 6.54 Å². The summed E-state index contributed by atoms with van der Waals surface area (Å²) in [6.07, 6.45) is 0. The van der Waals surface area contributed by atoms with Crippen LogP contribution in [0.3, 0.4) is 0 Å². The average molecular weight is 192 g/mol. The molecular formula is C11H16N2O. The van der Waals surface area contributed by atoms with Crippen molar-refractivity contribution in [3.63, 3.8) is 0 Å². The number of carbonyl (C=O) groups is 1. The molecule has 0 aliphatic carbocycles. The Morgan fingerprint density at radius 1 is 1.43 bits per heavy atom. The zero-order valence-electron chi connectivity index (χ0n) is 8.87. The summed E-state index contributed by atoms with van der Waals surface area (Å²) in [6.45, 7) is 2.32. The number of hydrogen-bond acceptors (Lipinski definition) is 3. The number of carbonyl (C=O) groups excluding carboxylic acids is 1. The highest BCUT2D eigenvalue weighted by Crippen LogP contribution is 2.15. The van der Waals surface area contributed by atoms with Crippen molar-refractivity contribution in [2.45, 2.75) is 13.5 Å². The highest BCUT2D eigenvalue weighted by atomic mass is 16.1. The molecule has 0 saturated carbocycles. The largest absolute Gasteiger partial charge is 0.398 e. The molecule has 0 aliphatic heterocycles. The molecule has 1 rings (SSSR count). The van der Waals surface area contributed by atoms with Crippen molar-refractivity contribution >= 4 is 11.5 Å². The first kappa shape index (κ1) is 10.7. The Balaban J connectivity index is 3.02. The van der Waals surface area contributed by atoms with E-state index in [0.29, 0.717) is 0 Å². The highest BCUT2D eigenvalue weighted by Gasteiger charge is 2.05. The second-order valence-electron chi connectivity index (χ2n) is 3.71. The fraction of sp³-hybridized carbons (Fsp3) is 0.364. The first-order valence-electron chi connectivity index (χ1n) is 4.55. The maximum absolute atomic E-state index is 11.1. The van der Waals surface area contributed by atoms with Crippen LogP contribution in [-0.4, -0.2) is 24.8 Å². The third kappa shape index (κ3) is 2.57. The van der Waals surface area contributed by atoms with E-state index in [1.165, 1.54) is 0 Å². The Hall–Kier alpha value is -1.35. The summed E-state index contributed by atoms with van der Waals surface area (Å²) >= 11 is 0. The number of anilines is 1. The van der Waals surface area contributed by atoms with Gasteiger partial charge in [-0.1, -0.05) is 0 Å². The molecule has 0 amide bonds. The summed E-state index contributed by atoms with van der Waals surface area (Å²) in [5, 5.41) is 0. The lowest BCUT2D eigenvalue weighted by molar-refractivity contribution is 0.101. The molecule has 1 aromatic carbocycles. The third-order valence-electron chi connectivity index (χ3n) is 2.04. The van der Waals surface area contributed by atoms with Crippen LogP contribution in [0.2, 0.25) is 0 Å². The molecule has 1 aromatic rings. The molecule has 0 unspecified atom stereocenters. The fourth-order valence-corrected chi connectivity index (χ4v) is 1.30. The van der Waals surface area contributed by atoms with Gasteiger partial charge in [0.15, 0.2) is 5.78 Å². The van der Waals surface area contributed by atoms with Crippen molar-refractivity contribution in [2.24, 2.45) is 0 Å². The molecular weight excluding hydrogens is 176 g/mol. The number of rotatable bonds is 3. The van der Waals surface area contributed by atoms with Crippen molar-refractivity contribution in [3.8, 4) is 0 Å². The highest BCUT2D eigenvalue weighted by molar-refractivity contribution is 5.94. The molecule has 0 atom stereocenters. The van der Waals surface area contributed by atoms with E-state index in [0.717, 1.165) is 23.4 Å². The second kappa shape index (κ2) is 4.24. The van der Waals surface area contributed by atoms with E-state index in [1.54, 1.807) is 19.1 Å². The predicted molar refractivity (Wildman–Crippen MR) is 58.2 cm³/mol. The molecule has 0 bridgehead atoms. The lowest BCUT2D eigenvalue weighted by Gasteiger charge is -2.12. The number of ketones is 1. The summed E-state index contributed by atoms with van der Waals surface area (Å²) in [5.41, 5.74) is 8.26. The van der Waals surface area contributed by atoms with Crippen LogP contribution >= 0.6 is 0 Å². The quantitative estimate of drug-likeness (QED) is 0.583. The summed E-state index contributed by atoms with van der Waals surface area (Å²) in [7, 11) is 3.94. The lowest BCUT2D eigenvalue weighted by Crippen LogP contribution is -2.12. The molecule has 3 nitrogen and oxygen atoms in total. The minimum atomic E-state index is 0.0741. The van der Waals surface area contributed by atoms with Gasteiger partial charge in [-0.3, -0.25) is 4.79 Å². The van der Waals surface area contributed by atoms with Crippen LogP contribution < -0.4 is 5.73 Å². The molecule has 0 aromatic heterocycles. The molecule has 0 radical (unpaired) electrons. The number of benzene rings is 1. The fourth-order valence-electron chi connectivity index (χ4n) is 1.30. The van der Waals surface area contributed by atoms with Crippen molar-refractivity contribution in [2.75, 3.05) is 19.8 Å². The van der Waals surface area contributed by atoms with E-state index in [2.05, 4.69) is 0 Å². The second-order valence-corrected chi connectivity index (χ2v) is 3.71. The molecule has 0 spiro atoms. The van der Waals surface area contributed by atoms with Crippen LogP contribution in [0.4, 0.5) is 5.69 Å². The number of hydrogen-bond donors (Lipinski definition) is 1. The SMILES string of the molecule is CC(=O)c1ccc(N)c(CN(C)C)c1. The van der Waals surface area contributed by atoms with Gasteiger partial charge in [0.2, 0.25) is 0 Å². The Morgan fingerprint density at radius 3 is 2.57 bits per heavy atom. The Kier molecular flexibility index (Phi) is 3.25. The first-order chi connectivity index (χ1) is 6.50. The summed E-state index contributed by atoms with van der Waals surface area (Å²) in [6, 6.07) is 5.41. The van der Waals surface area contributed by atoms with Crippen molar-refractivity contribution in [1.82, 2.24) is 4.90 Å². The molecule has 0 aliphatic rings. The van der Waals surface area contributed by atoms with Crippen molar-refractivity contribution in [1.29, 1.82) is 0 Å². The van der Waals surface area contributed by atoms with Crippen LogP contribution in [0.1, 0.15) is 22.8 Å². The molecule has 0 heterocycles. The Labute approximate surface area is 84.5 Å². The molecule has 2 N–H and O–H groups in total. The molecule has 3 heteroatoms. The van der Waals surface area contributed by atoms with Crippen LogP contribution in [0.25, 0.3) is 0 Å². The standard InChI is InChI=1S/C11H16N2O/c1-8(14)9-4-5-11(12)10(6-9)7-13(2)3/h4-6H,7,12H2,1-3H3.